The number of hydrogen-bond acceptors (Lipinski definition) is 3. The summed E-state index contributed by atoms with van der Waals surface area (Å²) in [4.78, 5) is 16.4. The van der Waals surface area contributed by atoms with Gasteiger partial charge in [0, 0.05) is 20.1 Å². The SMILES string of the molecule is CCc1nc2ccccc2n1CC(=O)NCCOC. The molecule has 0 aliphatic heterocycles. The Bertz CT molecular complexity index is 563. The quantitative estimate of drug-likeness (QED) is 0.799. The van der Waals surface area contributed by atoms with E-state index >= 15 is 0 Å². The lowest BCUT2D eigenvalue weighted by Gasteiger charge is -2.08. The Morgan fingerprint density at radius 3 is 2.95 bits per heavy atom. The van der Waals surface area contributed by atoms with Crippen LogP contribution in [0.5, 0.6) is 0 Å². The average Bonchev–Trinajstić information content (AvgIpc) is 2.77. The van der Waals surface area contributed by atoms with Crippen molar-refractivity contribution in [2.75, 3.05) is 20.3 Å². The number of amides is 1. The number of carbonyl (C=O) groups is 1. The van der Waals surface area contributed by atoms with Gasteiger partial charge in [0.1, 0.15) is 12.4 Å². The van der Waals surface area contributed by atoms with Gasteiger partial charge in [-0.2, -0.15) is 0 Å². The van der Waals surface area contributed by atoms with E-state index in [4.69, 9.17) is 4.74 Å². The number of aromatic nitrogens is 2. The summed E-state index contributed by atoms with van der Waals surface area (Å²) in [7, 11) is 1.62. The number of carbonyl (C=O) groups excluding carboxylic acids is 1. The summed E-state index contributed by atoms with van der Waals surface area (Å²) in [6.07, 6.45) is 0.806. The maximum Gasteiger partial charge on any atom is 0.240 e. The Labute approximate surface area is 112 Å². The first-order valence-electron chi connectivity index (χ1n) is 6.46. The minimum absolute atomic E-state index is 0.0186. The van der Waals surface area contributed by atoms with Crippen LogP contribution in [0.2, 0.25) is 0 Å². The third-order valence-corrected chi connectivity index (χ3v) is 2.98. The average molecular weight is 261 g/mol. The molecule has 1 heterocycles. The molecule has 0 aliphatic rings. The van der Waals surface area contributed by atoms with Crippen LogP contribution in [0.15, 0.2) is 24.3 Å². The maximum atomic E-state index is 11.9. The fourth-order valence-electron chi connectivity index (χ4n) is 2.06. The zero-order chi connectivity index (χ0) is 13.7. The summed E-state index contributed by atoms with van der Waals surface area (Å²) >= 11 is 0. The largest absolute Gasteiger partial charge is 0.383 e. The highest BCUT2D eigenvalue weighted by Gasteiger charge is 2.11. The van der Waals surface area contributed by atoms with Gasteiger partial charge in [0.25, 0.3) is 0 Å². The summed E-state index contributed by atoms with van der Waals surface area (Å²) in [5.41, 5.74) is 1.94. The van der Waals surface area contributed by atoms with Crippen LogP contribution in [-0.2, 0) is 22.5 Å². The van der Waals surface area contributed by atoms with E-state index in [0.717, 1.165) is 23.3 Å². The Kier molecular flexibility index (Phi) is 4.52. The van der Waals surface area contributed by atoms with E-state index in [1.54, 1.807) is 7.11 Å². The van der Waals surface area contributed by atoms with Gasteiger partial charge in [0.05, 0.1) is 17.6 Å². The highest BCUT2D eigenvalue weighted by molar-refractivity contribution is 5.81. The van der Waals surface area contributed by atoms with Gasteiger partial charge >= 0.3 is 0 Å². The van der Waals surface area contributed by atoms with Gasteiger partial charge in [-0.1, -0.05) is 19.1 Å². The molecular formula is C14H19N3O2. The molecule has 0 aliphatic carbocycles. The molecule has 1 amide bonds. The van der Waals surface area contributed by atoms with Gasteiger partial charge in [0.2, 0.25) is 5.91 Å². The van der Waals surface area contributed by atoms with Crippen LogP contribution in [0.3, 0.4) is 0 Å². The number of imidazole rings is 1. The van der Waals surface area contributed by atoms with Crippen molar-refractivity contribution in [2.45, 2.75) is 19.9 Å². The van der Waals surface area contributed by atoms with E-state index in [2.05, 4.69) is 10.3 Å². The minimum atomic E-state index is -0.0186. The molecule has 0 spiro atoms. The Morgan fingerprint density at radius 2 is 2.21 bits per heavy atom. The van der Waals surface area contributed by atoms with Crippen molar-refractivity contribution in [1.82, 2.24) is 14.9 Å². The van der Waals surface area contributed by atoms with E-state index < -0.39 is 0 Å². The first kappa shape index (κ1) is 13.5. The lowest BCUT2D eigenvalue weighted by atomic mass is 10.3. The smallest absolute Gasteiger partial charge is 0.240 e. The number of benzene rings is 1. The monoisotopic (exact) mass is 261 g/mol. The molecule has 5 heteroatoms. The molecule has 2 rings (SSSR count). The summed E-state index contributed by atoms with van der Waals surface area (Å²) in [6, 6.07) is 7.87. The number of ether oxygens (including phenoxy) is 1. The van der Waals surface area contributed by atoms with Crippen LogP contribution in [-0.4, -0.2) is 35.7 Å². The molecule has 1 N–H and O–H groups in total. The molecule has 0 unspecified atom stereocenters. The predicted octanol–water partition coefficient (Wildman–Crippen LogP) is 1.36. The number of hydrogen-bond donors (Lipinski definition) is 1. The van der Waals surface area contributed by atoms with Crippen molar-refractivity contribution in [3.63, 3.8) is 0 Å². The molecule has 0 atom stereocenters. The lowest BCUT2D eigenvalue weighted by Crippen LogP contribution is -2.30. The number of nitrogens with zero attached hydrogens (tertiary/aromatic N) is 2. The lowest BCUT2D eigenvalue weighted by molar-refractivity contribution is -0.121. The third kappa shape index (κ3) is 3.12. The molecule has 5 nitrogen and oxygen atoms in total. The second-order valence-corrected chi connectivity index (χ2v) is 4.30. The van der Waals surface area contributed by atoms with Gasteiger partial charge in [-0.25, -0.2) is 4.98 Å². The second-order valence-electron chi connectivity index (χ2n) is 4.30. The number of rotatable bonds is 6. The van der Waals surface area contributed by atoms with Gasteiger partial charge in [0.15, 0.2) is 0 Å². The summed E-state index contributed by atoms with van der Waals surface area (Å²) in [5.74, 6) is 0.915. The molecule has 1 aromatic carbocycles. The minimum Gasteiger partial charge on any atom is -0.383 e. The van der Waals surface area contributed by atoms with Crippen LogP contribution in [0, 0.1) is 0 Å². The maximum absolute atomic E-state index is 11.9. The highest BCUT2D eigenvalue weighted by Crippen LogP contribution is 2.16. The summed E-state index contributed by atoms with van der Waals surface area (Å²) in [6.45, 7) is 3.40. The number of nitrogens with one attached hydrogen (secondary N) is 1. The molecule has 1 aromatic heterocycles. The van der Waals surface area contributed by atoms with Crippen LogP contribution >= 0.6 is 0 Å². The zero-order valence-electron chi connectivity index (χ0n) is 11.3. The first-order valence-corrected chi connectivity index (χ1v) is 6.46. The topological polar surface area (TPSA) is 56.2 Å². The Morgan fingerprint density at radius 1 is 1.42 bits per heavy atom. The molecule has 19 heavy (non-hydrogen) atoms. The highest BCUT2D eigenvalue weighted by atomic mass is 16.5. The van der Waals surface area contributed by atoms with E-state index in [1.165, 1.54) is 0 Å². The fraction of sp³-hybridized carbons (Fsp3) is 0.429. The van der Waals surface area contributed by atoms with Crippen LogP contribution in [0.1, 0.15) is 12.7 Å². The van der Waals surface area contributed by atoms with Crippen molar-refractivity contribution < 1.29 is 9.53 Å². The van der Waals surface area contributed by atoms with Crippen LogP contribution in [0.25, 0.3) is 11.0 Å². The molecule has 0 saturated carbocycles. The first-order chi connectivity index (χ1) is 9.26. The summed E-state index contributed by atoms with van der Waals surface area (Å²) < 4.78 is 6.88. The van der Waals surface area contributed by atoms with Crippen LogP contribution in [0.4, 0.5) is 0 Å². The number of fused-ring (bicyclic) bond motifs is 1. The molecule has 0 radical (unpaired) electrons. The van der Waals surface area contributed by atoms with Gasteiger partial charge in [-0.3, -0.25) is 4.79 Å². The van der Waals surface area contributed by atoms with Crippen molar-refractivity contribution in [2.24, 2.45) is 0 Å². The molecule has 0 bridgehead atoms. The van der Waals surface area contributed by atoms with E-state index in [1.807, 2.05) is 35.8 Å². The van der Waals surface area contributed by atoms with E-state index in [0.29, 0.717) is 19.7 Å². The van der Waals surface area contributed by atoms with Crippen molar-refractivity contribution in [3.05, 3.63) is 30.1 Å². The number of para-hydroxylation sites is 2. The molecular weight excluding hydrogens is 242 g/mol. The molecule has 0 saturated heterocycles. The standard InChI is InChI=1S/C14H19N3O2/c1-3-13-16-11-6-4-5-7-12(11)17(13)10-14(18)15-8-9-19-2/h4-7H,3,8-10H2,1-2H3,(H,15,18). The van der Waals surface area contributed by atoms with Crippen molar-refractivity contribution in [1.29, 1.82) is 0 Å². The van der Waals surface area contributed by atoms with Crippen LogP contribution < -0.4 is 5.32 Å². The van der Waals surface area contributed by atoms with E-state index in [-0.39, 0.29) is 5.91 Å². The number of aryl methyl sites for hydroxylation is 1. The second kappa shape index (κ2) is 6.33. The Hall–Kier alpha value is -1.88. The normalized spacial score (nSPS) is 10.8. The van der Waals surface area contributed by atoms with Gasteiger partial charge < -0.3 is 14.6 Å². The summed E-state index contributed by atoms with van der Waals surface area (Å²) in [5, 5.41) is 2.83. The van der Waals surface area contributed by atoms with E-state index in [9.17, 15) is 4.79 Å². The third-order valence-electron chi connectivity index (χ3n) is 2.98. The van der Waals surface area contributed by atoms with Gasteiger partial charge in [-0.05, 0) is 12.1 Å². The number of methoxy groups -OCH3 is 1. The molecule has 0 fully saturated rings. The zero-order valence-corrected chi connectivity index (χ0v) is 11.3. The molecule has 2 aromatic rings. The molecule has 102 valence electrons. The fourth-order valence-corrected chi connectivity index (χ4v) is 2.06. The Balaban J connectivity index is 2.16. The predicted molar refractivity (Wildman–Crippen MR) is 74.0 cm³/mol. The van der Waals surface area contributed by atoms with Crippen molar-refractivity contribution in [3.8, 4) is 0 Å². The van der Waals surface area contributed by atoms with Crippen molar-refractivity contribution >= 4 is 16.9 Å². The van der Waals surface area contributed by atoms with Gasteiger partial charge in [-0.15, -0.1) is 0 Å².